The second-order valence-corrected chi connectivity index (χ2v) is 3.23. The molecule has 0 saturated carbocycles. The predicted octanol–water partition coefficient (Wildman–Crippen LogP) is 0.366. The minimum atomic E-state index is -1.98. The number of hydrogen-bond acceptors (Lipinski definition) is 3. The van der Waals surface area contributed by atoms with E-state index in [9.17, 15) is 8.78 Å². The Morgan fingerprint density at radius 2 is 1.85 bits per heavy atom. The monoisotopic (exact) mass is 204 g/mol. The number of hydrogen-bond donors (Lipinski definition) is 2. The molecule has 0 aliphatic heterocycles. The number of thioether (sulfide) groups is 1. The van der Waals surface area contributed by atoms with Gasteiger partial charge in [-0.25, -0.2) is 8.78 Å². The highest BCUT2D eigenvalue weighted by atomic mass is 32.2. The molecule has 0 radical (unpaired) electrons. The van der Waals surface area contributed by atoms with E-state index in [4.69, 9.17) is 10.0 Å². The van der Waals surface area contributed by atoms with Crippen molar-refractivity contribution in [2.24, 2.45) is 0 Å². The molecule has 0 atom stereocenters. The average Bonchev–Trinajstić information content (AvgIpc) is 2.07. The molecule has 0 saturated heterocycles. The molecule has 1 rings (SSSR count). The standard InChI is InChI=1S/C7H7BF2O2S/c1-13-7-3-5(9)4(8(11)12)2-6(7)10/h2-3,11-12H,1H3. The molecule has 1 aromatic rings. The zero-order valence-corrected chi connectivity index (χ0v) is 7.61. The van der Waals surface area contributed by atoms with Crippen LogP contribution in [-0.2, 0) is 0 Å². The Bertz CT molecular complexity index is 320. The maximum absolute atomic E-state index is 13.0. The molecule has 0 aliphatic rings. The summed E-state index contributed by atoms with van der Waals surface area (Å²) >= 11 is 1.05. The van der Waals surface area contributed by atoms with Crippen LogP contribution in [0.4, 0.5) is 8.78 Å². The van der Waals surface area contributed by atoms with Crippen LogP contribution in [-0.4, -0.2) is 23.4 Å². The highest BCUT2D eigenvalue weighted by Gasteiger charge is 2.19. The van der Waals surface area contributed by atoms with Crippen molar-refractivity contribution in [3.05, 3.63) is 23.8 Å². The van der Waals surface area contributed by atoms with Gasteiger partial charge in [0.25, 0.3) is 0 Å². The van der Waals surface area contributed by atoms with Gasteiger partial charge in [0.2, 0.25) is 0 Å². The van der Waals surface area contributed by atoms with Gasteiger partial charge in [0.1, 0.15) is 11.6 Å². The molecule has 0 amide bonds. The van der Waals surface area contributed by atoms with Crippen LogP contribution < -0.4 is 5.46 Å². The van der Waals surface area contributed by atoms with Gasteiger partial charge in [0.15, 0.2) is 0 Å². The highest BCUT2D eigenvalue weighted by Crippen LogP contribution is 2.18. The van der Waals surface area contributed by atoms with E-state index in [1.165, 1.54) is 0 Å². The Hall–Kier alpha value is -0.585. The van der Waals surface area contributed by atoms with Crippen LogP contribution in [0.2, 0.25) is 0 Å². The first-order valence-electron chi connectivity index (χ1n) is 3.45. The first-order chi connectivity index (χ1) is 6.06. The van der Waals surface area contributed by atoms with Gasteiger partial charge in [-0.3, -0.25) is 0 Å². The molecule has 6 heteroatoms. The summed E-state index contributed by atoms with van der Waals surface area (Å²) in [5.74, 6) is -1.47. The minimum Gasteiger partial charge on any atom is -0.423 e. The topological polar surface area (TPSA) is 40.5 Å². The van der Waals surface area contributed by atoms with Crippen molar-refractivity contribution in [1.82, 2.24) is 0 Å². The average molecular weight is 204 g/mol. The Labute approximate surface area is 78.7 Å². The molecule has 0 aromatic heterocycles. The molecule has 13 heavy (non-hydrogen) atoms. The summed E-state index contributed by atoms with van der Waals surface area (Å²) in [4.78, 5) is 0.141. The van der Waals surface area contributed by atoms with E-state index in [1.54, 1.807) is 6.26 Å². The molecule has 0 unspecified atom stereocenters. The van der Waals surface area contributed by atoms with Crippen LogP contribution in [0.5, 0.6) is 0 Å². The zero-order valence-electron chi connectivity index (χ0n) is 6.79. The van der Waals surface area contributed by atoms with E-state index < -0.39 is 24.2 Å². The van der Waals surface area contributed by atoms with E-state index in [1.807, 2.05) is 0 Å². The van der Waals surface area contributed by atoms with Crippen molar-refractivity contribution in [3.63, 3.8) is 0 Å². The van der Waals surface area contributed by atoms with Crippen molar-refractivity contribution in [1.29, 1.82) is 0 Å². The van der Waals surface area contributed by atoms with E-state index >= 15 is 0 Å². The Morgan fingerprint density at radius 3 is 2.31 bits per heavy atom. The molecular formula is C7H7BF2O2S. The molecule has 0 fully saturated rings. The molecule has 2 nitrogen and oxygen atoms in total. The third-order valence-electron chi connectivity index (χ3n) is 1.55. The lowest BCUT2D eigenvalue weighted by molar-refractivity contribution is 0.422. The van der Waals surface area contributed by atoms with Crippen molar-refractivity contribution < 1.29 is 18.8 Å². The Kier molecular flexibility index (Phi) is 3.30. The van der Waals surface area contributed by atoms with E-state index in [2.05, 4.69) is 0 Å². The third kappa shape index (κ3) is 2.21. The van der Waals surface area contributed by atoms with Crippen molar-refractivity contribution >= 4 is 24.3 Å². The summed E-state index contributed by atoms with van der Waals surface area (Å²) in [5, 5.41) is 17.3. The summed E-state index contributed by atoms with van der Waals surface area (Å²) < 4.78 is 25.9. The van der Waals surface area contributed by atoms with Gasteiger partial charge in [-0.15, -0.1) is 11.8 Å². The highest BCUT2D eigenvalue weighted by molar-refractivity contribution is 7.98. The molecular weight excluding hydrogens is 197 g/mol. The lowest BCUT2D eigenvalue weighted by Gasteiger charge is -2.04. The third-order valence-corrected chi connectivity index (χ3v) is 2.30. The van der Waals surface area contributed by atoms with E-state index in [0.717, 1.165) is 23.9 Å². The maximum atomic E-state index is 13.0. The van der Waals surface area contributed by atoms with E-state index in [-0.39, 0.29) is 4.90 Å². The quantitative estimate of drug-likeness (QED) is 0.540. The second-order valence-electron chi connectivity index (χ2n) is 2.38. The predicted molar refractivity (Wildman–Crippen MR) is 48.0 cm³/mol. The number of rotatable bonds is 2. The van der Waals surface area contributed by atoms with Gasteiger partial charge in [0.05, 0.1) is 0 Å². The molecule has 0 spiro atoms. The first-order valence-corrected chi connectivity index (χ1v) is 4.67. The summed E-state index contributed by atoms with van der Waals surface area (Å²) in [6, 6.07) is 1.72. The zero-order chi connectivity index (χ0) is 10.0. The van der Waals surface area contributed by atoms with Crippen molar-refractivity contribution in [2.45, 2.75) is 4.90 Å². The number of halogens is 2. The fraction of sp³-hybridized carbons (Fsp3) is 0.143. The van der Waals surface area contributed by atoms with E-state index in [0.29, 0.717) is 0 Å². The van der Waals surface area contributed by atoms with Crippen LogP contribution in [0.1, 0.15) is 0 Å². The molecule has 70 valence electrons. The summed E-state index contributed by atoms with van der Waals surface area (Å²) in [7, 11) is -1.98. The molecule has 0 heterocycles. The smallest absolute Gasteiger partial charge is 0.423 e. The summed E-state index contributed by atoms with van der Waals surface area (Å²) in [6.07, 6.45) is 1.60. The summed E-state index contributed by atoms with van der Waals surface area (Å²) in [6.45, 7) is 0. The van der Waals surface area contributed by atoms with Crippen LogP contribution in [0.15, 0.2) is 17.0 Å². The van der Waals surface area contributed by atoms with Crippen LogP contribution in [0, 0.1) is 11.6 Å². The molecule has 0 aliphatic carbocycles. The Morgan fingerprint density at radius 1 is 1.23 bits per heavy atom. The van der Waals surface area contributed by atoms with Gasteiger partial charge < -0.3 is 10.0 Å². The Balaban J connectivity index is 3.20. The molecule has 1 aromatic carbocycles. The first kappa shape index (κ1) is 10.5. The van der Waals surface area contributed by atoms with Crippen LogP contribution >= 0.6 is 11.8 Å². The minimum absolute atomic E-state index is 0.141. The van der Waals surface area contributed by atoms with Crippen LogP contribution in [0.3, 0.4) is 0 Å². The lowest BCUT2D eigenvalue weighted by atomic mass is 9.80. The van der Waals surface area contributed by atoms with Crippen molar-refractivity contribution in [3.8, 4) is 0 Å². The fourth-order valence-corrected chi connectivity index (χ4v) is 1.37. The SMILES string of the molecule is CSc1cc(F)c(B(O)O)cc1F. The fourth-order valence-electron chi connectivity index (χ4n) is 0.898. The summed E-state index contributed by atoms with van der Waals surface area (Å²) in [5.41, 5.74) is -0.449. The largest absolute Gasteiger partial charge is 0.491 e. The maximum Gasteiger partial charge on any atom is 0.491 e. The van der Waals surface area contributed by atoms with Gasteiger partial charge in [0, 0.05) is 10.4 Å². The van der Waals surface area contributed by atoms with Crippen LogP contribution in [0.25, 0.3) is 0 Å². The van der Waals surface area contributed by atoms with Crippen molar-refractivity contribution in [2.75, 3.05) is 6.26 Å². The number of benzene rings is 1. The lowest BCUT2D eigenvalue weighted by Crippen LogP contribution is -2.33. The van der Waals surface area contributed by atoms with Gasteiger partial charge >= 0.3 is 7.12 Å². The van der Waals surface area contributed by atoms with Gasteiger partial charge in [-0.05, 0) is 18.4 Å². The molecule has 0 bridgehead atoms. The molecule has 2 N–H and O–H groups in total. The normalized spacial score (nSPS) is 10.2. The second kappa shape index (κ2) is 4.08. The van der Waals surface area contributed by atoms with Gasteiger partial charge in [-0.2, -0.15) is 0 Å². The van der Waals surface area contributed by atoms with Gasteiger partial charge in [-0.1, -0.05) is 0 Å².